The molecule has 5 aromatic rings. The molecule has 0 fully saturated rings. The number of aromatic amines is 1. The highest BCUT2D eigenvalue weighted by Crippen LogP contribution is 2.30. The van der Waals surface area contributed by atoms with Crippen LogP contribution in [0.2, 0.25) is 0 Å². The fourth-order valence-corrected chi connectivity index (χ4v) is 4.59. The molecule has 0 spiro atoms. The second-order valence-corrected chi connectivity index (χ2v) is 8.75. The van der Waals surface area contributed by atoms with Gasteiger partial charge in [0.25, 0.3) is 5.91 Å². The van der Waals surface area contributed by atoms with Crippen molar-refractivity contribution < 1.29 is 4.79 Å². The predicted octanol–water partition coefficient (Wildman–Crippen LogP) is 5.59. The predicted molar refractivity (Wildman–Crippen MR) is 136 cm³/mol. The first-order valence-electron chi connectivity index (χ1n) is 11.6. The number of rotatable bonds is 7. The first-order chi connectivity index (χ1) is 16.6. The van der Waals surface area contributed by atoms with Crippen LogP contribution in [0.4, 0.5) is 0 Å². The van der Waals surface area contributed by atoms with Crippen molar-refractivity contribution in [2.75, 3.05) is 6.54 Å². The second-order valence-electron chi connectivity index (χ2n) is 8.75. The molecule has 5 heteroatoms. The average Bonchev–Trinajstić information content (AvgIpc) is 3.42. The molecule has 0 bridgehead atoms. The lowest BCUT2D eigenvalue weighted by molar-refractivity contribution is 0.0952. The number of carbonyl (C=O) groups is 1. The van der Waals surface area contributed by atoms with Crippen LogP contribution in [0.5, 0.6) is 0 Å². The van der Waals surface area contributed by atoms with Gasteiger partial charge in [-0.2, -0.15) is 5.10 Å². The van der Waals surface area contributed by atoms with Crippen LogP contribution < -0.4 is 5.32 Å². The van der Waals surface area contributed by atoms with Crippen LogP contribution in [0.1, 0.15) is 44.4 Å². The van der Waals surface area contributed by atoms with Gasteiger partial charge in [0.1, 0.15) is 0 Å². The molecule has 5 rings (SSSR count). The van der Waals surface area contributed by atoms with E-state index in [1.165, 1.54) is 16.5 Å². The van der Waals surface area contributed by atoms with Gasteiger partial charge >= 0.3 is 0 Å². The first-order valence-corrected chi connectivity index (χ1v) is 11.6. The topological polar surface area (TPSA) is 62.7 Å². The molecule has 1 unspecified atom stereocenters. The largest absolute Gasteiger partial charge is 0.361 e. The molecule has 2 aromatic heterocycles. The van der Waals surface area contributed by atoms with Gasteiger partial charge in [0, 0.05) is 40.8 Å². The first kappa shape index (κ1) is 21.7. The molecule has 3 aromatic carbocycles. The molecule has 0 aliphatic heterocycles. The number of nitrogens with one attached hydrogen (secondary N) is 2. The third-order valence-corrected chi connectivity index (χ3v) is 6.29. The zero-order valence-corrected chi connectivity index (χ0v) is 19.5. The molecular formula is C29H28N4O. The van der Waals surface area contributed by atoms with E-state index in [9.17, 15) is 4.79 Å². The lowest BCUT2D eigenvalue weighted by Crippen LogP contribution is -2.29. The van der Waals surface area contributed by atoms with E-state index in [1.54, 1.807) is 0 Å². The number of para-hydroxylation sites is 1. The van der Waals surface area contributed by atoms with Crippen molar-refractivity contribution in [3.05, 3.63) is 125 Å². The molecule has 1 atom stereocenters. The molecule has 170 valence electrons. The highest BCUT2D eigenvalue weighted by molar-refractivity contribution is 5.94. The van der Waals surface area contributed by atoms with Crippen LogP contribution in [0.15, 0.2) is 91.1 Å². The van der Waals surface area contributed by atoms with E-state index in [0.717, 1.165) is 22.5 Å². The highest BCUT2D eigenvalue weighted by Gasteiger charge is 2.19. The van der Waals surface area contributed by atoms with E-state index >= 15 is 0 Å². The number of hydrogen-bond donors (Lipinski definition) is 2. The summed E-state index contributed by atoms with van der Waals surface area (Å²) in [6.07, 6.45) is 2.06. The van der Waals surface area contributed by atoms with E-state index in [1.807, 2.05) is 67.1 Å². The van der Waals surface area contributed by atoms with Crippen molar-refractivity contribution >= 4 is 16.8 Å². The van der Waals surface area contributed by atoms with Gasteiger partial charge in [-0.25, -0.2) is 0 Å². The number of hydrogen-bond acceptors (Lipinski definition) is 2. The van der Waals surface area contributed by atoms with Crippen LogP contribution in [-0.2, 0) is 6.54 Å². The SMILES string of the molecule is Cc1cc(C)n(Cc2cccc(C(=O)NCC(c3ccccc3)c3c[nH]c4ccccc34)c2)n1. The Balaban J connectivity index is 1.37. The van der Waals surface area contributed by atoms with E-state index in [4.69, 9.17) is 0 Å². The summed E-state index contributed by atoms with van der Waals surface area (Å²) in [7, 11) is 0. The molecule has 2 heterocycles. The van der Waals surface area contributed by atoms with Crippen molar-refractivity contribution in [3.8, 4) is 0 Å². The van der Waals surface area contributed by atoms with E-state index in [2.05, 4.69) is 58.0 Å². The molecule has 0 saturated carbocycles. The summed E-state index contributed by atoms with van der Waals surface area (Å²) >= 11 is 0. The molecule has 1 amide bonds. The van der Waals surface area contributed by atoms with Crippen LogP contribution in [-0.4, -0.2) is 27.2 Å². The van der Waals surface area contributed by atoms with E-state index < -0.39 is 0 Å². The quantitative estimate of drug-likeness (QED) is 0.341. The third-order valence-electron chi connectivity index (χ3n) is 6.29. The summed E-state index contributed by atoms with van der Waals surface area (Å²) in [6, 6.07) is 28.5. The minimum absolute atomic E-state index is 0.0409. The normalized spacial score (nSPS) is 12.1. The number of aryl methyl sites for hydroxylation is 2. The lowest BCUT2D eigenvalue weighted by Gasteiger charge is -2.18. The van der Waals surface area contributed by atoms with Gasteiger partial charge in [0.2, 0.25) is 0 Å². The van der Waals surface area contributed by atoms with Crippen LogP contribution in [0.25, 0.3) is 10.9 Å². The van der Waals surface area contributed by atoms with Gasteiger partial charge in [0.05, 0.1) is 12.2 Å². The van der Waals surface area contributed by atoms with Crippen molar-refractivity contribution in [2.24, 2.45) is 0 Å². The Morgan fingerprint density at radius 1 is 0.971 bits per heavy atom. The third kappa shape index (κ3) is 4.50. The zero-order valence-electron chi connectivity index (χ0n) is 19.5. The zero-order chi connectivity index (χ0) is 23.5. The van der Waals surface area contributed by atoms with Crippen LogP contribution in [0.3, 0.4) is 0 Å². The van der Waals surface area contributed by atoms with E-state index in [-0.39, 0.29) is 11.8 Å². The monoisotopic (exact) mass is 448 g/mol. The Hall–Kier alpha value is -4.12. The standard InChI is InChI=1S/C29H28N4O/c1-20-15-21(2)33(32-20)19-22-9-8-12-24(16-22)29(34)31-17-26(23-10-4-3-5-11-23)27-18-30-28-14-7-6-13-25(27)28/h3-16,18,26,30H,17,19H2,1-2H3,(H,31,34). The summed E-state index contributed by atoms with van der Waals surface area (Å²) in [5.41, 5.74) is 7.26. The maximum Gasteiger partial charge on any atom is 0.251 e. The Morgan fingerprint density at radius 2 is 1.76 bits per heavy atom. The van der Waals surface area contributed by atoms with Gasteiger partial charge < -0.3 is 10.3 Å². The van der Waals surface area contributed by atoms with Gasteiger partial charge in [-0.1, -0.05) is 60.7 Å². The highest BCUT2D eigenvalue weighted by atomic mass is 16.1. The number of nitrogens with zero attached hydrogens (tertiary/aromatic N) is 2. The molecule has 0 aliphatic carbocycles. The van der Waals surface area contributed by atoms with Crippen molar-refractivity contribution in [1.82, 2.24) is 20.1 Å². The fourth-order valence-electron chi connectivity index (χ4n) is 4.59. The van der Waals surface area contributed by atoms with Crippen LogP contribution >= 0.6 is 0 Å². The Bertz CT molecular complexity index is 1430. The van der Waals surface area contributed by atoms with Gasteiger partial charge in [0.15, 0.2) is 0 Å². The number of amides is 1. The summed E-state index contributed by atoms with van der Waals surface area (Å²) in [6.45, 7) is 5.18. The average molecular weight is 449 g/mol. The molecule has 34 heavy (non-hydrogen) atoms. The van der Waals surface area contributed by atoms with Gasteiger partial charge in [-0.15, -0.1) is 0 Å². The number of H-pyrrole nitrogens is 1. The fraction of sp³-hybridized carbons (Fsp3) is 0.172. The van der Waals surface area contributed by atoms with Gasteiger partial charge in [-0.3, -0.25) is 9.48 Å². The Morgan fingerprint density at radius 3 is 2.56 bits per heavy atom. The summed E-state index contributed by atoms with van der Waals surface area (Å²) in [5, 5.41) is 8.90. The van der Waals surface area contributed by atoms with Crippen molar-refractivity contribution in [2.45, 2.75) is 26.3 Å². The number of aromatic nitrogens is 3. The minimum atomic E-state index is -0.0732. The molecular weight excluding hydrogens is 420 g/mol. The van der Waals surface area contributed by atoms with Crippen molar-refractivity contribution in [1.29, 1.82) is 0 Å². The minimum Gasteiger partial charge on any atom is -0.361 e. The summed E-state index contributed by atoms with van der Waals surface area (Å²) < 4.78 is 1.97. The summed E-state index contributed by atoms with van der Waals surface area (Å²) in [4.78, 5) is 16.5. The molecule has 0 radical (unpaired) electrons. The molecule has 0 aliphatic rings. The molecule has 2 N–H and O–H groups in total. The van der Waals surface area contributed by atoms with Crippen molar-refractivity contribution in [3.63, 3.8) is 0 Å². The maximum atomic E-state index is 13.1. The number of fused-ring (bicyclic) bond motifs is 1. The molecule has 5 nitrogen and oxygen atoms in total. The van der Waals surface area contributed by atoms with E-state index in [0.29, 0.717) is 18.7 Å². The molecule has 0 saturated heterocycles. The second kappa shape index (κ2) is 9.40. The Kier molecular flexibility index (Phi) is 6.00. The smallest absolute Gasteiger partial charge is 0.251 e. The number of benzene rings is 3. The number of carbonyl (C=O) groups excluding carboxylic acids is 1. The lowest BCUT2D eigenvalue weighted by atomic mass is 9.91. The van der Waals surface area contributed by atoms with Gasteiger partial charge in [-0.05, 0) is 54.8 Å². The summed E-state index contributed by atoms with van der Waals surface area (Å²) in [5.74, 6) is -0.0322. The van der Waals surface area contributed by atoms with Crippen LogP contribution in [0, 0.1) is 13.8 Å². The maximum absolute atomic E-state index is 13.1. The Labute approximate surface area is 199 Å².